The van der Waals surface area contributed by atoms with Gasteiger partial charge in [0.05, 0.1) is 11.0 Å². The number of carbonyl (C=O) groups is 1. The van der Waals surface area contributed by atoms with Crippen molar-refractivity contribution in [2.75, 3.05) is 11.1 Å². The van der Waals surface area contributed by atoms with E-state index >= 15 is 0 Å². The summed E-state index contributed by atoms with van der Waals surface area (Å²) in [5.74, 6) is 1.56. The third-order valence-corrected chi connectivity index (χ3v) is 5.08. The average Bonchev–Trinajstić information content (AvgIpc) is 2.88. The van der Waals surface area contributed by atoms with Crippen molar-refractivity contribution in [1.29, 1.82) is 0 Å². The zero-order valence-electron chi connectivity index (χ0n) is 13.4. The number of nitrogens with zero attached hydrogens (tertiary/aromatic N) is 3. The second-order valence-electron chi connectivity index (χ2n) is 5.56. The number of hydrogen-bond donors (Lipinski definition) is 2. The number of rotatable bonds is 3. The molecule has 0 bridgehead atoms. The van der Waals surface area contributed by atoms with Crippen LogP contribution in [0.1, 0.15) is 22.1 Å². The number of aromatic nitrogens is 4. The van der Waals surface area contributed by atoms with Crippen LogP contribution in [-0.4, -0.2) is 31.8 Å². The van der Waals surface area contributed by atoms with Crippen LogP contribution in [0.2, 0.25) is 0 Å². The third kappa shape index (κ3) is 3.20. The van der Waals surface area contributed by atoms with Gasteiger partial charge in [-0.2, -0.15) is 5.10 Å². The molecule has 0 saturated carbocycles. The van der Waals surface area contributed by atoms with Gasteiger partial charge in [-0.15, -0.1) is 11.8 Å². The normalized spacial score (nSPS) is 16.7. The molecular formula is C17H15N5O2S. The Labute approximate surface area is 148 Å². The van der Waals surface area contributed by atoms with Gasteiger partial charge >= 0.3 is 6.01 Å². The van der Waals surface area contributed by atoms with Crippen LogP contribution in [0.15, 0.2) is 42.7 Å². The van der Waals surface area contributed by atoms with E-state index in [-0.39, 0.29) is 11.2 Å². The van der Waals surface area contributed by atoms with E-state index in [0.29, 0.717) is 23.3 Å². The number of amides is 1. The zero-order chi connectivity index (χ0) is 17.2. The highest BCUT2D eigenvalue weighted by atomic mass is 32.2. The molecule has 7 nitrogen and oxygen atoms in total. The second-order valence-corrected chi connectivity index (χ2v) is 6.65. The number of aryl methyl sites for hydroxylation is 1. The van der Waals surface area contributed by atoms with Crippen molar-refractivity contribution in [3.05, 3.63) is 59.5 Å². The maximum Gasteiger partial charge on any atom is 0.321 e. The van der Waals surface area contributed by atoms with E-state index < -0.39 is 0 Å². The van der Waals surface area contributed by atoms with E-state index in [1.165, 1.54) is 0 Å². The van der Waals surface area contributed by atoms with Crippen LogP contribution >= 0.6 is 11.8 Å². The molecule has 1 aromatic carbocycles. The Morgan fingerprint density at radius 1 is 1.24 bits per heavy atom. The molecule has 4 rings (SSSR count). The summed E-state index contributed by atoms with van der Waals surface area (Å²) in [5.41, 5.74) is 2.96. The van der Waals surface area contributed by atoms with Gasteiger partial charge in [0.15, 0.2) is 5.82 Å². The van der Waals surface area contributed by atoms with Crippen molar-refractivity contribution in [2.45, 2.75) is 12.2 Å². The fourth-order valence-corrected chi connectivity index (χ4v) is 3.90. The van der Waals surface area contributed by atoms with E-state index in [0.717, 1.165) is 16.8 Å². The fourth-order valence-electron chi connectivity index (χ4n) is 2.71. The lowest BCUT2D eigenvalue weighted by Gasteiger charge is -2.16. The molecule has 3 aromatic rings. The molecule has 2 N–H and O–H groups in total. The molecule has 1 atom stereocenters. The topological polar surface area (TPSA) is 92.8 Å². The number of hydrogen-bond acceptors (Lipinski definition) is 6. The summed E-state index contributed by atoms with van der Waals surface area (Å²) in [7, 11) is 0. The molecular weight excluding hydrogens is 338 g/mol. The molecule has 0 radical (unpaired) electrons. The maximum atomic E-state index is 11.9. The molecule has 1 aliphatic rings. The molecule has 0 saturated heterocycles. The predicted octanol–water partition coefficient (Wildman–Crippen LogP) is 3.08. The zero-order valence-corrected chi connectivity index (χ0v) is 14.2. The van der Waals surface area contributed by atoms with E-state index in [1.807, 2.05) is 31.2 Å². The minimum Gasteiger partial charge on any atom is -0.424 e. The van der Waals surface area contributed by atoms with Crippen molar-refractivity contribution in [3.8, 4) is 11.8 Å². The molecule has 0 unspecified atom stereocenters. The van der Waals surface area contributed by atoms with Crippen molar-refractivity contribution < 1.29 is 9.53 Å². The second kappa shape index (κ2) is 6.56. The first kappa shape index (κ1) is 15.6. The van der Waals surface area contributed by atoms with Crippen LogP contribution in [0.25, 0.3) is 0 Å². The molecule has 3 heterocycles. The highest BCUT2D eigenvalue weighted by molar-refractivity contribution is 8.00. The number of thioether (sulfide) groups is 1. The maximum absolute atomic E-state index is 11.9. The van der Waals surface area contributed by atoms with E-state index in [1.54, 1.807) is 30.2 Å². The van der Waals surface area contributed by atoms with Crippen LogP contribution in [0.3, 0.4) is 0 Å². The summed E-state index contributed by atoms with van der Waals surface area (Å²) in [5, 5.41) is 9.99. The monoisotopic (exact) mass is 353 g/mol. The van der Waals surface area contributed by atoms with Gasteiger partial charge in [-0.05, 0) is 30.7 Å². The quantitative estimate of drug-likeness (QED) is 0.752. The first-order valence-corrected chi connectivity index (χ1v) is 8.77. The molecule has 126 valence electrons. The van der Waals surface area contributed by atoms with Gasteiger partial charge < -0.3 is 10.1 Å². The minimum absolute atomic E-state index is 0.0204. The molecule has 25 heavy (non-hydrogen) atoms. The Morgan fingerprint density at radius 3 is 2.92 bits per heavy atom. The summed E-state index contributed by atoms with van der Waals surface area (Å²) in [6.07, 6.45) is 3.26. The average molecular weight is 353 g/mol. The number of anilines is 1. The lowest BCUT2D eigenvalue weighted by Crippen LogP contribution is -2.12. The van der Waals surface area contributed by atoms with Gasteiger partial charge in [0.1, 0.15) is 5.75 Å². The lowest BCUT2D eigenvalue weighted by molar-refractivity contribution is -0.113. The molecule has 8 heteroatoms. The Bertz CT molecular complexity index is 912. The van der Waals surface area contributed by atoms with Gasteiger partial charge in [-0.1, -0.05) is 12.1 Å². The van der Waals surface area contributed by atoms with Gasteiger partial charge in [-0.25, -0.2) is 9.97 Å². The standard InChI is InChI=1S/C17H15N5O2S/c1-10-14-15(25-9-13(23)20-16(14)22-21-10)11-4-2-5-12(8-11)24-17-18-6-3-7-19-17/h2-8,15H,9H2,1H3,(H2,20,21,22,23)/t15-/m1/s1. The lowest BCUT2D eigenvalue weighted by atomic mass is 10.0. The summed E-state index contributed by atoms with van der Waals surface area (Å²) < 4.78 is 5.72. The van der Waals surface area contributed by atoms with Crippen LogP contribution in [0, 0.1) is 6.92 Å². The summed E-state index contributed by atoms with van der Waals surface area (Å²) in [6, 6.07) is 9.77. The van der Waals surface area contributed by atoms with Crippen molar-refractivity contribution in [2.24, 2.45) is 0 Å². The number of aromatic amines is 1. The largest absolute Gasteiger partial charge is 0.424 e. The van der Waals surface area contributed by atoms with E-state index in [4.69, 9.17) is 4.74 Å². The Kier molecular flexibility index (Phi) is 4.10. The molecule has 1 amide bonds. The Hall–Kier alpha value is -2.87. The van der Waals surface area contributed by atoms with Crippen molar-refractivity contribution in [3.63, 3.8) is 0 Å². The van der Waals surface area contributed by atoms with E-state index in [2.05, 4.69) is 25.5 Å². The molecule has 0 spiro atoms. The number of fused-ring (bicyclic) bond motifs is 1. The van der Waals surface area contributed by atoms with Gasteiger partial charge in [0.2, 0.25) is 5.91 Å². The SMILES string of the molecule is Cc1[nH]nc2c1[C@@H](c1cccc(Oc3ncccn3)c1)SCC(=O)N2. The molecule has 0 fully saturated rings. The molecule has 1 aliphatic heterocycles. The van der Waals surface area contributed by atoms with Crippen LogP contribution < -0.4 is 10.1 Å². The molecule has 2 aromatic heterocycles. The number of H-pyrrole nitrogens is 1. The first-order valence-electron chi connectivity index (χ1n) is 7.72. The molecule has 0 aliphatic carbocycles. The number of ether oxygens (including phenoxy) is 1. The van der Waals surface area contributed by atoms with Crippen LogP contribution in [-0.2, 0) is 4.79 Å². The predicted molar refractivity (Wildman–Crippen MR) is 94.8 cm³/mol. The Morgan fingerprint density at radius 2 is 2.08 bits per heavy atom. The third-order valence-electron chi connectivity index (χ3n) is 3.81. The number of benzene rings is 1. The Balaban J connectivity index is 1.69. The van der Waals surface area contributed by atoms with Gasteiger partial charge in [0.25, 0.3) is 0 Å². The van der Waals surface area contributed by atoms with Gasteiger partial charge in [-0.3, -0.25) is 9.89 Å². The highest BCUT2D eigenvalue weighted by Crippen LogP contribution is 2.43. The smallest absolute Gasteiger partial charge is 0.321 e. The number of carbonyl (C=O) groups excluding carboxylic acids is 1. The van der Waals surface area contributed by atoms with Gasteiger partial charge in [0, 0.05) is 23.7 Å². The summed E-state index contributed by atoms with van der Waals surface area (Å²) in [6.45, 7) is 1.95. The summed E-state index contributed by atoms with van der Waals surface area (Å²) in [4.78, 5) is 20.1. The fraction of sp³-hybridized carbons (Fsp3) is 0.176. The van der Waals surface area contributed by atoms with Crippen molar-refractivity contribution >= 4 is 23.5 Å². The highest BCUT2D eigenvalue weighted by Gasteiger charge is 2.28. The minimum atomic E-state index is -0.0506. The van der Waals surface area contributed by atoms with Crippen LogP contribution in [0.4, 0.5) is 5.82 Å². The number of nitrogens with one attached hydrogen (secondary N) is 2. The van der Waals surface area contributed by atoms with Crippen LogP contribution in [0.5, 0.6) is 11.8 Å². The first-order chi connectivity index (χ1) is 12.2. The van der Waals surface area contributed by atoms with E-state index in [9.17, 15) is 4.79 Å². The van der Waals surface area contributed by atoms with Crippen molar-refractivity contribution in [1.82, 2.24) is 20.2 Å². The summed E-state index contributed by atoms with van der Waals surface area (Å²) >= 11 is 1.56.